The van der Waals surface area contributed by atoms with Crippen LogP contribution in [-0.4, -0.2) is 0 Å². The molecular formula is C41H44. The molecule has 1 atom stereocenters. The fraction of sp³-hybridized carbons (Fsp3) is 0.268. The van der Waals surface area contributed by atoms with E-state index in [1.54, 1.807) is 0 Å². The smallest absolute Gasteiger partial charge is 0.0683 e. The molecule has 0 radical (unpaired) electrons. The SMILES string of the molecule is CC.CCc1ccc(C(c2ccc3c(c2)C(c2ccccc2C)(c2ccccc2C)c2ccccc2-3)C(C)C)cc1. The van der Waals surface area contributed by atoms with Crippen molar-refractivity contribution in [3.63, 3.8) is 0 Å². The Morgan fingerprint density at radius 1 is 0.537 bits per heavy atom. The molecular weight excluding hydrogens is 492 g/mol. The number of hydrogen-bond donors (Lipinski definition) is 0. The van der Waals surface area contributed by atoms with Crippen molar-refractivity contribution in [3.05, 3.63) is 165 Å². The van der Waals surface area contributed by atoms with Gasteiger partial charge in [-0.25, -0.2) is 0 Å². The van der Waals surface area contributed by atoms with Crippen LogP contribution in [0.3, 0.4) is 0 Å². The Hall–Kier alpha value is -3.90. The zero-order valence-electron chi connectivity index (χ0n) is 25.8. The lowest BCUT2D eigenvalue weighted by Gasteiger charge is -2.37. The van der Waals surface area contributed by atoms with Crippen LogP contribution in [0.1, 0.15) is 90.6 Å². The molecule has 0 N–H and O–H groups in total. The van der Waals surface area contributed by atoms with Crippen molar-refractivity contribution < 1.29 is 0 Å². The molecule has 5 aromatic rings. The molecule has 0 heteroatoms. The van der Waals surface area contributed by atoms with Crippen LogP contribution < -0.4 is 0 Å². The van der Waals surface area contributed by atoms with Crippen molar-refractivity contribution in [2.75, 3.05) is 0 Å². The Kier molecular flexibility index (Phi) is 8.32. The largest absolute Gasteiger partial charge is 0.0718 e. The molecule has 6 rings (SSSR count). The second kappa shape index (κ2) is 11.9. The Balaban J connectivity index is 0.00000165. The van der Waals surface area contributed by atoms with Gasteiger partial charge < -0.3 is 0 Å². The topological polar surface area (TPSA) is 0 Å². The normalized spacial score (nSPS) is 13.7. The Labute approximate surface area is 248 Å². The summed E-state index contributed by atoms with van der Waals surface area (Å²) in [5.41, 5.74) is 14.7. The summed E-state index contributed by atoms with van der Waals surface area (Å²) in [7, 11) is 0. The van der Waals surface area contributed by atoms with Crippen LogP contribution in [0.5, 0.6) is 0 Å². The molecule has 0 fully saturated rings. The highest BCUT2D eigenvalue weighted by Crippen LogP contribution is 2.58. The zero-order chi connectivity index (χ0) is 29.1. The summed E-state index contributed by atoms with van der Waals surface area (Å²) in [6, 6.07) is 43.7. The molecule has 1 aliphatic carbocycles. The summed E-state index contributed by atoms with van der Waals surface area (Å²) in [5, 5.41) is 0. The van der Waals surface area contributed by atoms with E-state index >= 15 is 0 Å². The molecule has 1 unspecified atom stereocenters. The van der Waals surface area contributed by atoms with Crippen molar-refractivity contribution in [2.24, 2.45) is 5.92 Å². The minimum absolute atomic E-state index is 0.330. The van der Waals surface area contributed by atoms with Gasteiger partial charge in [0.15, 0.2) is 0 Å². The van der Waals surface area contributed by atoms with E-state index in [1.807, 2.05) is 13.8 Å². The second-order valence-corrected chi connectivity index (χ2v) is 11.5. The maximum atomic E-state index is 2.55. The van der Waals surface area contributed by atoms with E-state index in [1.165, 1.54) is 61.2 Å². The number of rotatable bonds is 6. The van der Waals surface area contributed by atoms with Gasteiger partial charge >= 0.3 is 0 Å². The third kappa shape index (κ3) is 4.74. The predicted octanol–water partition coefficient (Wildman–Crippen LogP) is 11.0. The molecule has 0 bridgehead atoms. The van der Waals surface area contributed by atoms with E-state index in [0.29, 0.717) is 11.8 Å². The third-order valence-corrected chi connectivity index (χ3v) is 8.94. The lowest BCUT2D eigenvalue weighted by molar-refractivity contribution is 0.562. The molecule has 0 nitrogen and oxygen atoms in total. The van der Waals surface area contributed by atoms with Gasteiger partial charge in [-0.3, -0.25) is 0 Å². The van der Waals surface area contributed by atoms with Gasteiger partial charge in [0, 0.05) is 5.92 Å². The number of aryl methyl sites for hydroxylation is 3. The molecule has 0 saturated heterocycles. The summed E-state index contributed by atoms with van der Waals surface area (Å²) in [6.07, 6.45) is 1.07. The lowest BCUT2D eigenvalue weighted by Crippen LogP contribution is -2.30. The molecule has 208 valence electrons. The maximum absolute atomic E-state index is 2.55. The molecule has 0 amide bonds. The molecule has 5 aromatic carbocycles. The van der Waals surface area contributed by atoms with E-state index in [4.69, 9.17) is 0 Å². The predicted molar refractivity (Wildman–Crippen MR) is 177 cm³/mol. The van der Waals surface area contributed by atoms with Crippen molar-refractivity contribution in [3.8, 4) is 11.1 Å². The van der Waals surface area contributed by atoms with Crippen LogP contribution in [0.2, 0.25) is 0 Å². The van der Waals surface area contributed by atoms with Crippen molar-refractivity contribution in [1.82, 2.24) is 0 Å². The van der Waals surface area contributed by atoms with Crippen LogP contribution in [0.25, 0.3) is 11.1 Å². The van der Waals surface area contributed by atoms with Crippen molar-refractivity contribution >= 4 is 0 Å². The highest BCUT2D eigenvalue weighted by molar-refractivity contribution is 5.87. The van der Waals surface area contributed by atoms with Crippen LogP contribution in [0.15, 0.2) is 115 Å². The van der Waals surface area contributed by atoms with E-state index in [2.05, 4.69) is 150 Å². The fourth-order valence-corrected chi connectivity index (χ4v) is 7.13. The van der Waals surface area contributed by atoms with E-state index in [9.17, 15) is 0 Å². The van der Waals surface area contributed by atoms with Gasteiger partial charge in [0.1, 0.15) is 0 Å². The number of fused-ring (bicyclic) bond motifs is 3. The molecule has 0 aliphatic heterocycles. The maximum Gasteiger partial charge on any atom is 0.0718 e. The van der Waals surface area contributed by atoms with Crippen LogP contribution in [0, 0.1) is 19.8 Å². The number of benzene rings is 5. The first-order valence-corrected chi connectivity index (χ1v) is 15.4. The third-order valence-electron chi connectivity index (χ3n) is 8.94. The summed E-state index contributed by atoms with van der Waals surface area (Å²) < 4.78 is 0. The highest BCUT2D eigenvalue weighted by atomic mass is 14.5. The van der Waals surface area contributed by atoms with E-state index < -0.39 is 0 Å². The molecule has 41 heavy (non-hydrogen) atoms. The van der Waals surface area contributed by atoms with Crippen molar-refractivity contribution in [1.29, 1.82) is 0 Å². The molecule has 0 saturated carbocycles. The van der Waals surface area contributed by atoms with Gasteiger partial charge in [-0.1, -0.05) is 150 Å². The van der Waals surface area contributed by atoms with E-state index in [-0.39, 0.29) is 5.41 Å². The molecule has 0 aromatic heterocycles. The lowest BCUT2D eigenvalue weighted by atomic mass is 9.65. The summed E-state index contributed by atoms with van der Waals surface area (Å²) in [6.45, 7) is 15.5. The summed E-state index contributed by atoms with van der Waals surface area (Å²) >= 11 is 0. The average Bonchev–Trinajstić information content (AvgIpc) is 3.29. The second-order valence-electron chi connectivity index (χ2n) is 11.5. The van der Waals surface area contributed by atoms with Crippen molar-refractivity contribution in [2.45, 2.75) is 66.2 Å². The first-order chi connectivity index (χ1) is 20.0. The molecule has 0 spiro atoms. The minimum atomic E-state index is -0.369. The van der Waals surface area contributed by atoms with Crippen LogP contribution in [-0.2, 0) is 11.8 Å². The Morgan fingerprint density at radius 2 is 1.02 bits per heavy atom. The molecule has 1 aliphatic rings. The summed E-state index contributed by atoms with van der Waals surface area (Å²) in [4.78, 5) is 0. The highest BCUT2D eigenvalue weighted by Gasteiger charge is 2.47. The fourth-order valence-electron chi connectivity index (χ4n) is 7.13. The standard InChI is InChI=1S/C39H38.C2H6/c1-6-29-19-21-30(22-20-29)38(26(2)3)31-23-24-33-32-15-9-12-18-36(32)39(37(33)25-31,34-16-10-7-13-27(34)4)35-17-11-8-14-28(35)5;1-2/h7-26,38H,6H2,1-5H3;1-2H3. The zero-order valence-corrected chi connectivity index (χ0v) is 25.8. The van der Waals surface area contributed by atoms with Gasteiger partial charge in [0.25, 0.3) is 0 Å². The quantitative estimate of drug-likeness (QED) is 0.199. The first-order valence-electron chi connectivity index (χ1n) is 15.4. The van der Waals surface area contributed by atoms with Crippen LogP contribution >= 0.6 is 0 Å². The average molecular weight is 537 g/mol. The first kappa shape index (κ1) is 28.6. The monoisotopic (exact) mass is 536 g/mol. The van der Waals surface area contributed by atoms with Gasteiger partial charge in [-0.2, -0.15) is 0 Å². The van der Waals surface area contributed by atoms with Gasteiger partial charge in [0.05, 0.1) is 5.41 Å². The Morgan fingerprint density at radius 3 is 1.56 bits per heavy atom. The summed E-state index contributed by atoms with van der Waals surface area (Å²) in [5.74, 6) is 0.807. The van der Waals surface area contributed by atoms with Gasteiger partial charge in [-0.05, 0) is 87.4 Å². The van der Waals surface area contributed by atoms with Gasteiger partial charge in [0.2, 0.25) is 0 Å². The van der Waals surface area contributed by atoms with Crippen LogP contribution in [0.4, 0.5) is 0 Å². The van der Waals surface area contributed by atoms with E-state index in [0.717, 1.165) is 6.42 Å². The van der Waals surface area contributed by atoms with Gasteiger partial charge in [-0.15, -0.1) is 0 Å². The Bertz CT molecular complexity index is 1590. The molecule has 0 heterocycles. The minimum Gasteiger partial charge on any atom is -0.0683 e. The number of hydrogen-bond acceptors (Lipinski definition) is 0.